The van der Waals surface area contributed by atoms with Gasteiger partial charge in [0.25, 0.3) is 5.91 Å². The van der Waals surface area contributed by atoms with Crippen LogP contribution in [0.3, 0.4) is 0 Å². The molecule has 0 atom stereocenters. The summed E-state index contributed by atoms with van der Waals surface area (Å²) in [5.41, 5.74) is 2.03. The molecule has 0 radical (unpaired) electrons. The van der Waals surface area contributed by atoms with Crippen LogP contribution in [0.2, 0.25) is 5.02 Å². The molecule has 1 heterocycles. The Bertz CT molecular complexity index is 532. The second-order valence-corrected chi connectivity index (χ2v) is 4.72. The largest absolute Gasteiger partial charge is 0.383 e. The Morgan fingerprint density at radius 3 is 2.44 bits per heavy atom. The molecule has 1 aliphatic rings. The molecule has 0 saturated carbocycles. The summed E-state index contributed by atoms with van der Waals surface area (Å²) in [4.78, 5) is 14.1. The van der Waals surface area contributed by atoms with Crippen molar-refractivity contribution >= 4 is 28.9 Å². The average Bonchev–Trinajstić information content (AvgIpc) is 2.58. The number of hydrazone groups is 1. The van der Waals surface area contributed by atoms with E-state index in [1.54, 1.807) is 30.5 Å². The number of nitrogens with zero attached hydrogens (tertiary/aromatic N) is 3. The molecule has 94 valence electrons. The van der Waals surface area contributed by atoms with Gasteiger partial charge in [0.15, 0.2) is 0 Å². The number of anilines is 1. The third kappa shape index (κ3) is 2.38. The third-order valence-corrected chi connectivity index (χ3v) is 2.77. The monoisotopic (exact) mass is 263 g/mol. The molecule has 18 heavy (non-hydrogen) atoms. The van der Waals surface area contributed by atoms with Crippen molar-refractivity contribution in [3.63, 3.8) is 0 Å². The minimum atomic E-state index is -0.122. The lowest BCUT2D eigenvalue weighted by molar-refractivity contribution is -0.114. The lowest BCUT2D eigenvalue weighted by Crippen LogP contribution is -2.22. The predicted octanol–water partition coefficient (Wildman–Crippen LogP) is 2.51. The maximum absolute atomic E-state index is 12.2. The molecule has 0 bridgehead atoms. The Labute approximate surface area is 111 Å². The Hall–Kier alpha value is -1.81. The molecule has 1 aromatic carbocycles. The van der Waals surface area contributed by atoms with Crippen LogP contribution in [0.25, 0.3) is 0 Å². The topological polar surface area (TPSA) is 35.9 Å². The highest BCUT2D eigenvalue weighted by Crippen LogP contribution is 2.24. The standard InChI is InChI=1S/C13H14ClN3O/c1-9-12(8-16(2)3)13(18)17(15-9)11-6-4-10(14)5-7-11/h4-8H,1-3H3/b12-8-. The summed E-state index contributed by atoms with van der Waals surface area (Å²) in [6.45, 7) is 1.82. The van der Waals surface area contributed by atoms with Gasteiger partial charge in [0, 0.05) is 25.3 Å². The summed E-state index contributed by atoms with van der Waals surface area (Å²) >= 11 is 5.82. The highest BCUT2D eigenvalue weighted by Gasteiger charge is 2.28. The number of benzene rings is 1. The van der Waals surface area contributed by atoms with Crippen LogP contribution in [0.1, 0.15) is 6.92 Å². The van der Waals surface area contributed by atoms with Crippen molar-refractivity contribution in [1.82, 2.24) is 4.90 Å². The molecule has 1 aromatic rings. The molecule has 4 nitrogen and oxygen atoms in total. The first-order valence-corrected chi connectivity index (χ1v) is 5.90. The van der Waals surface area contributed by atoms with Gasteiger partial charge in [-0.3, -0.25) is 4.79 Å². The van der Waals surface area contributed by atoms with Crippen LogP contribution < -0.4 is 5.01 Å². The lowest BCUT2D eigenvalue weighted by atomic mass is 10.2. The molecule has 2 rings (SSSR count). The summed E-state index contributed by atoms with van der Waals surface area (Å²) < 4.78 is 0. The molecule has 0 saturated heterocycles. The molecular weight excluding hydrogens is 250 g/mol. The van der Waals surface area contributed by atoms with Crippen LogP contribution in [0.15, 0.2) is 41.1 Å². The first-order valence-electron chi connectivity index (χ1n) is 5.53. The fourth-order valence-electron chi connectivity index (χ4n) is 1.68. The van der Waals surface area contributed by atoms with E-state index in [2.05, 4.69) is 5.10 Å². The van der Waals surface area contributed by atoms with Gasteiger partial charge in [-0.2, -0.15) is 10.1 Å². The summed E-state index contributed by atoms with van der Waals surface area (Å²) in [5.74, 6) is -0.122. The van der Waals surface area contributed by atoms with Gasteiger partial charge in [-0.15, -0.1) is 0 Å². The first-order chi connectivity index (χ1) is 8.49. The second kappa shape index (κ2) is 4.82. The number of halogens is 1. The molecule has 0 unspecified atom stereocenters. The summed E-state index contributed by atoms with van der Waals surface area (Å²) in [6, 6.07) is 7.02. The van der Waals surface area contributed by atoms with E-state index in [0.29, 0.717) is 22.0 Å². The zero-order valence-electron chi connectivity index (χ0n) is 10.5. The summed E-state index contributed by atoms with van der Waals surface area (Å²) in [7, 11) is 3.75. The molecule has 1 aliphatic heterocycles. The third-order valence-electron chi connectivity index (χ3n) is 2.52. The minimum absolute atomic E-state index is 0.122. The highest BCUT2D eigenvalue weighted by atomic mass is 35.5. The molecular formula is C13H14ClN3O. The highest BCUT2D eigenvalue weighted by molar-refractivity contribution is 6.31. The van der Waals surface area contributed by atoms with E-state index in [1.807, 2.05) is 25.9 Å². The van der Waals surface area contributed by atoms with Gasteiger partial charge in [0.2, 0.25) is 0 Å². The molecule has 1 amide bonds. The molecule has 0 aliphatic carbocycles. The smallest absolute Gasteiger partial charge is 0.282 e. The Morgan fingerprint density at radius 1 is 1.28 bits per heavy atom. The van der Waals surface area contributed by atoms with Crippen molar-refractivity contribution in [3.05, 3.63) is 41.1 Å². The number of hydrogen-bond donors (Lipinski definition) is 0. The zero-order valence-corrected chi connectivity index (χ0v) is 11.3. The number of amides is 1. The van der Waals surface area contributed by atoms with Crippen LogP contribution >= 0.6 is 11.6 Å². The van der Waals surface area contributed by atoms with Crippen LogP contribution in [0, 0.1) is 0 Å². The molecule has 0 aromatic heterocycles. The fourth-order valence-corrected chi connectivity index (χ4v) is 1.81. The number of hydrogen-bond acceptors (Lipinski definition) is 3. The van der Waals surface area contributed by atoms with Gasteiger partial charge in [-0.1, -0.05) is 11.6 Å². The van der Waals surface area contributed by atoms with Crippen LogP contribution in [-0.2, 0) is 4.79 Å². The van der Waals surface area contributed by atoms with Crippen molar-refractivity contribution in [2.75, 3.05) is 19.1 Å². The maximum atomic E-state index is 12.2. The van der Waals surface area contributed by atoms with E-state index in [0.717, 1.165) is 0 Å². The van der Waals surface area contributed by atoms with Gasteiger partial charge < -0.3 is 4.90 Å². The number of carbonyl (C=O) groups excluding carboxylic acids is 1. The van der Waals surface area contributed by atoms with E-state index in [4.69, 9.17) is 11.6 Å². The van der Waals surface area contributed by atoms with E-state index in [9.17, 15) is 4.79 Å². The van der Waals surface area contributed by atoms with Crippen molar-refractivity contribution in [3.8, 4) is 0 Å². The lowest BCUT2D eigenvalue weighted by Gasteiger charge is -2.12. The van der Waals surface area contributed by atoms with Gasteiger partial charge in [-0.05, 0) is 31.2 Å². The molecule has 0 spiro atoms. The van der Waals surface area contributed by atoms with Crippen LogP contribution in [-0.4, -0.2) is 30.6 Å². The quantitative estimate of drug-likeness (QED) is 0.769. The normalized spacial score (nSPS) is 17.3. The van der Waals surface area contributed by atoms with E-state index in [-0.39, 0.29) is 5.91 Å². The van der Waals surface area contributed by atoms with Crippen molar-refractivity contribution < 1.29 is 4.79 Å². The average molecular weight is 264 g/mol. The summed E-state index contributed by atoms with van der Waals surface area (Å²) in [6.07, 6.45) is 1.77. The zero-order chi connectivity index (χ0) is 13.3. The van der Waals surface area contributed by atoms with Crippen molar-refractivity contribution in [2.24, 2.45) is 5.10 Å². The van der Waals surface area contributed by atoms with Gasteiger partial charge >= 0.3 is 0 Å². The Kier molecular flexibility index (Phi) is 3.39. The van der Waals surface area contributed by atoms with Gasteiger partial charge in [0.05, 0.1) is 17.0 Å². The second-order valence-electron chi connectivity index (χ2n) is 4.29. The maximum Gasteiger partial charge on any atom is 0.282 e. The van der Waals surface area contributed by atoms with Gasteiger partial charge in [0.1, 0.15) is 0 Å². The fraction of sp³-hybridized carbons (Fsp3) is 0.231. The molecule has 5 heteroatoms. The van der Waals surface area contributed by atoms with E-state index < -0.39 is 0 Å². The summed E-state index contributed by atoms with van der Waals surface area (Å²) in [5, 5.41) is 6.29. The van der Waals surface area contributed by atoms with Gasteiger partial charge in [-0.25, -0.2) is 0 Å². The predicted molar refractivity (Wildman–Crippen MR) is 73.8 cm³/mol. The van der Waals surface area contributed by atoms with Crippen LogP contribution in [0.5, 0.6) is 0 Å². The Morgan fingerprint density at radius 2 is 1.89 bits per heavy atom. The SMILES string of the molecule is CC1=NN(c2ccc(Cl)cc2)C(=O)/C1=C\N(C)C. The molecule has 0 fully saturated rings. The Balaban J connectivity index is 2.33. The van der Waals surface area contributed by atoms with E-state index in [1.165, 1.54) is 5.01 Å². The van der Waals surface area contributed by atoms with Crippen LogP contribution in [0.4, 0.5) is 5.69 Å². The minimum Gasteiger partial charge on any atom is -0.383 e. The van der Waals surface area contributed by atoms with Crippen molar-refractivity contribution in [1.29, 1.82) is 0 Å². The first kappa shape index (κ1) is 12.6. The van der Waals surface area contributed by atoms with Crippen molar-refractivity contribution in [2.45, 2.75) is 6.92 Å². The van der Waals surface area contributed by atoms with E-state index >= 15 is 0 Å². The number of carbonyl (C=O) groups is 1. The number of rotatable bonds is 2. The molecule has 0 N–H and O–H groups in total.